The Hall–Kier alpha value is -3.87. The Morgan fingerprint density at radius 2 is 1.28 bits per heavy atom. The first-order valence-electron chi connectivity index (χ1n) is 8.60. The third-order valence-electron chi connectivity index (χ3n) is 3.90. The highest BCUT2D eigenvalue weighted by atomic mass is 19.1. The summed E-state index contributed by atoms with van der Waals surface area (Å²) in [7, 11) is 0. The number of benzene rings is 3. The first-order chi connectivity index (χ1) is 14.0. The van der Waals surface area contributed by atoms with Gasteiger partial charge in [-0.15, -0.1) is 0 Å². The van der Waals surface area contributed by atoms with Crippen molar-refractivity contribution in [2.75, 3.05) is 13.2 Å². The molecule has 0 aliphatic heterocycles. The van der Waals surface area contributed by atoms with Gasteiger partial charge in [-0.3, -0.25) is 0 Å². The highest BCUT2D eigenvalue weighted by molar-refractivity contribution is 6.12. The molecule has 0 atom stereocenters. The van der Waals surface area contributed by atoms with Crippen LogP contribution in [-0.4, -0.2) is 25.5 Å². The Morgan fingerprint density at radius 1 is 0.793 bits per heavy atom. The lowest BCUT2D eigenvalue weighted by molar-refractivity contribution is 0.109. The number of ether oxygens (including phenoxy) is 4. The largest absolute Gasteiger partial charge is 0.514 e. The van der Waals surface area contributed by atoms with Gasteiger partial charge in [0.15, 0.2) is 5.75 Å². The van der Waals surface area contributed by atoms with Gasteiger partial charge >= 0.3 is 12.3 Å². The first-order valence-corrected chi connectivity index (χ1v) is 8.60. The van der Waals surface area contributed by atoms with Gasteiger partial charge in [0.05, 0.1) is 0 Å². The van der Waals surface area contributed by atoms with Crippen LogP contribution in [0, 0.1) is 5.82 Å². The molecule has 0 unspecified atom stereocenters. The van der Waals surface area contributed by atoms with Crippen LogP contribution >= 0.6 is 0 Å². The van der Waals surface area contributed by atoms with Crippen molar-refractivity contribution < 1.29 is 32.9 Å². The molecule has 3 aromatic carbocycles. The van der Waals surface area contributed by atoms with E-state index >= 15 is 0 Å². The highest BCUT2D eigenvalue weighted by Crippen LogP contribution is 2.43. The molecule has 29 heavy (non-hydrogen) atoms. The zero-order chi connectivity index (χ0) is 20.8. The molecule has 0 aliphatic rings. The predicted octanol–water partition coefficient (Wildman–Crippen LogP) is 5.53. The van der Waals surface area contributed by atoms with Crippen LogP contribution in [0.3, 0.4) is 0 Å². The van der Waals surface area contributed by atoms with Crippen molar-refractivity contribution in [3.05, 3.63) is 73.6 Å². The van der Waals surface area contributed by atoms with E-state index in [4.69, 9.17) is 18.9 Å². The maximum Gasteiger partial charge on any atom is 0.514 e. The first kappa shape index (κ1) is 19.9. The molecule has 0 aromatic heterocycles. The molecule has 3 rings (SSSR count). The summed E-state index contributed by atoms with van der Waals surface area (Å²) < 4.78 is 34.5. The summed E-state index contributed by atoms with van der Waals surface area (Å²) in [5, 5.41) is 1.47. The standard InChI is InChI=1S/C22H17FO6/c1-3-11-26-21(24)28-19-15-7-5-6-8-16(15)20(29-22(25)27-12-4-2)18-13-14(23)9-10-17(18)19/h3-10,13H,1-2,11-12H2. The van der Waals surface area contributed by atoms with Gasteiger partial charge in [0, 0.05) is 21.5 Å². The van der Waals surface area contributed by atoms with Gasteiger partial charge in [-0.05, 0) is 18.2 Å². The van der Waals surface area contributed by atoms with Crippen LogP contribution in [0.2, 0.25) is 0 Å². The Kier molecular flexibility index (Phi) is 6.09. The number of hydrogen-bond donors (Lipinski definition) is 0. The van der Waals surface area contributed by atoms with Crippen molar-refractivity contribution in [3.63, 3.8) is 0 Å². The number of halogens is 1. The summed E-state index contributed by atoms with van der Waals surface area (Å²) in [5.41, 5.74) is 0. The van der Waals surface area contributed by atoms with E-state index in [9.17, 15) is 14.0 Å². The van der Waals surface area contributed by atoms with Crippen molar-refractivity contribution in [2.45, 2.75) is 0 Å². The van der Waals surface area contributed by atoms with E-state index in [1.54, 1.807) is 24.3 Å². The lowest BCUT2D eigenvalue weighted by Gasteiger charge is -2.16. The fourth-order valence-corrected chi connectivity index (χ4v) is 2.77. The van der Waals surface area contributed by atoms with E-state index in [1.165, 1.54) is 30.4 Å². The van der Waals surface area contributed by atoms with Gasteiger partial charge in [0.25, 0.3) is 0 Å². The zero-order valence-corrected chi connectivity index (χ0v) is 15.4. The Balaban J connectivity index is 2.20. The molecule has 3 aromatic rings. The topological polar surface area (TPSA) is 71.1 Å². The number of fused-ring (bicyclic) bond motifs is 2. The molecule has 0 heterocycles. The van der Waals surface area contributed by atoms with Crippen LogP contribution in [-0.2, 0) is 9.47 Å². The molecule has 7 heteroatoms. The quantitative estimate of drug-likeness (QED) is 0.236. The lowest BCUT2D eigenvalue weighted by Crippen LogP contribution is -2.13. The Morgan fingerprint density at radius 3 is 1.79 bits per heavy atom. The SMILES string of the molecule is C=CCOC(=O)Oc1c2ccccc2c(OC(=O)OCC=C)c2cc(F)ccc12. The number of carbonyl (C=O) groups is 2. The molecule has 0 bridgehead atoms. The molecule has 0 saturated heterocycles. The van der Waals surface area contributed by atoms with Crippen LogP contribution < -0.4 is 9.47 Å². The minimum Gasteiger partial charge on any atom is -0.430 e. The van der Waals surface area contributed by atoms with Gasteiger partial charge in [-0.1, -0.05) is 49.6 Å². The van der Waals surface area contributed by atoms with Gasteiger partial charge in [-0.2, -0.15) is 0 Å². The Labute approximate surface area is 165 Å². The van der Waals surface area contributed by atoms with Gasteiger partial charge in [0.2, 0.25) is 0 Å². The fourth-order valence-electron chi connectivity index (χ4n) is 2.77. The molecule has 148 valence electrons. The number of carbonyl (C=O) groups excluding carboxylic acids is 2. The normalized spacial score (nSPS) is 10.4. The smallest absolute Gasteiger partial charge is 0.430 e. The van der Waals surface area contributed by atoms with E-state index in [0.29, 0.717) is 16.2 Å². The maximum atomic E-state index is 14.0. The van der Waals surface area contributed by atoms with E-state index in [1.807, 2.05) is 0 Å². The van der Waals surface area contributed by atoms with Crippen molar-refractivity contribution in [1.82, 2.24) is 0 Å². The Bertz CT molecular complexity index is 1110. The van der Waals surface area contributed by atoms with Crippen LogP contribution in [0.4, 0.5) is 14.0 Å². The average Bonchev–Trinajstić information content (AvgIpc) is 2.72. The molecule has 0 amide bonds. The van der Waals surface area contributed by atoms with Crippen LogP contribution in [0.1, 0.15) is 0 Å². The third-order valence-corrected chi connectivity index (χ3v) is 3.90. The van der Waals surface area contributed by atoms with Gasteiger partial charge < -0.3 is 18.9 Å². The third kappa shape index (κ3) is 4.35. The van der Waals surface area contributed by atoms with Crippen LogP contribution in [0.5, 0.6) is 11.5 Å². The minimum absolute atomic E-state index is 0.0281. The molecule has 0 aliphatic carbocycles. The van der Waals surface area contributed by atoms with E-state index in [2.05, 4.69) is 13.2 Å². The molecule has 0 saturated carbocycles. The summed E-state index contributed by atoms with van der Waals surface area (Å²) in [5.74, 6) is -0.329. The summed E-state index contributed by atoms with van der Waals surface area (Å²) in [6, 6.07) is 10.6. The number of rotatable bonds is 6. The van der Waals surface area contributed by atoms with Gasteiger partial charge in [0.1, 0.15) is 24.8 Å². The zero-order valence-electron chi connectivity index (χ0n) is 15.4. The molecular weight excluding hydrogens is 379 g/mol. The molecule has 0 N–H and O–H groups in total. The van der Waals surface area contributed by atoms with Gasteiger partial charge in [-0.25, -0.2) is 14.0 Å². The van der Waals surface area contributed by atoms with E-state index in [0.717, 1.165) is 0 Å². The monoisotopic (exact) mass is 396 g/mol. The highest BCUT2D eigenvalue weighted by Gasteiger charge is 2.21. The lowest BCUT2D eigenvalue weighted by atomic mass is 10.0. The minimum atomic E-state index is -0.973. The van der Waals surface area contributed by atoms with Crippen molar-refractivity contribution in [1.29, 1.82) is 0 Å². The van der Waals surface area contributed by atoms with E-state index in [-0.39, 0.29) is 30.1 Å². The average molecular weight is 396 g/mol. The van der Waals surface area contributed by atoms with E-state index < -0.39 is 18.1 Å². The summed E-state index contributed by atoms with van der Waals surface area (Å²) in [6.07, 6.45) is 0.876. The second-order valence-corrected chi connectivity index (χ2v) is 5.80. The summed E-state index contributed by atoms with van der Waals surface area (Å²) in [6.45, 7) is 6.86. The summed E-state index contributed by atoms with van der Waals surface area (Å²) in [4.78, 5) is 24.0. The van der Waals surface area contributed by atoms with Crippen LogP contribution in [0.25, 0.3) is 21.5 Å². The fraction of sp³-hybridized carbons (Fsp3) is 0.0909. The second kappa shape index (κ2) is 8.88. The maximum absolute atomic E-state index is 14.0. The molecule has 0 spiro atoms. The van der Waals surface area contributed by atoms with Crippen molar-refractivity contribution in [3.8, 4) is 11.5 Å². The number of hydrogen-bond acceptors (Lipinski definition) is 6. The second-order valence-electron chi connectivity index (χ2n) is 5.80. The van der Waals surface area contributed by atoms with Crippen LogP contribution in [0.15, 0.2) is 67.8 Å². The molecular formula is C22H17FO6. The predicted molar refractivity (Wildman–Crippen MR) is 106 cm³/mol. The summed E-state index contributed by atoms with van der Waals surface area (Å²) >= 11 is 0. The molecule has 6 nitrogen and oxygen atoms in total. The molecule has 0 fully saturated rings. The van der Waals surface area contributed by atoms with Crippen molar-refractivity contribution >= 4 is 33.9 Å². The van der Waals surface area contributed by atoms with Crippen molar-refractivity contribution in [2.24, 2.45) is 0 Å². The molecule has 0 radical (unpaired) electrons.